The molecule has 0 aliphatic rings. The largest absolute Gasteiger partial charge is 0.326 e. The van der Waals surface area contributed by atoms with Gasteiger partial charge in [0, 0.05) is 11.4 Å². The summed E-state index contributed by atoms with van der Waals surface area (Å²) in [4.78, 5) is 0.784. The van der Waals surface area contributed by atoms with Crippen molar-refractivity contribution >= 4 is 10.8 Å². The molecule has 1 unspecified atom stereocenters. The molecule has 2 nitrogen and oxygen atoms in total. The quantitative estimate of drug-likeness (QED) is 0.915. The highest BCUT2D eigenvalue weighted by Crippen LogP contribution is 2.20. The molecule has 112 valence electrons. The summed E-state index contributed by atoms with van der Waals surface area (Å²) in [7, 11) is -1.15. The van der Waals surface area contributed by atoms with Crippen LogP contribution < -0.4 is 5.73 Å². The number of hydrogen-bond donors (Lipinski definition) is 1. The van der Waals surface area contributed by atoms with Gasteiger partial charge in [-0.25, -0.2) is 4.39 Å². The standard InChI is InChI=1S/C17H20FNOS/c1-12(2)13-4-7-17(8-5-13)21(20)11-14-3-6-16(18)9-15(14)10-19/h3-9,12H,10-11,19H2,1-2H3. The molecule has 2 N–H and O–H groups in total. The Morgan fingerprint density at radius 3 is 2.33 bits per heavy atom. The van der Waals surface area contributed by atoms with Gasteiger partial charge in [0.1, 0.15) is 5.82 Å². The van der Waals surface area contributed by atoms with Gasteiger partial charge in [0.25, 0.3) is 0 Å². The molecule has 21 heavy (non-hydrogen) atoms. The van der Waals surface area contributed by atoms with Crippen molar-refractivity contribution in [2.45, 2.75) is 37.0 Å². The Kier molecular flexibility index (Phi) is 5.26. The van der Waals surface area contributed by atoms with Crippen molar-refractivity contribution in [2.24, 2.45) is 5.73 Å². The third-order valence-corrected chi connectivity index (χ3v) is 4.86. The van der Waals surface area contributed by atoms with E-state index in [2.05, 4.69) is 13.8 Å². The highest BCUT2D eigenvalue weighted by molar-refractivity contribution is 7.84. The second kappa shape index (κ2) is 6.96. The van der Waals surface area contributed by atoms with E-state index in [0.29, 0.717) is 17.2 Å². The van der Waals surface area contributed by atoms with Gasteiger partial charge in [0.15, 0.2) is 0 Å². The van der Waals surface area contributed by atoms with E-state index in [1.807, 2.05) is 24.3 Å². The number of halogens is 1. The van der Waals surface area contributed by atoms with Crippen LogP contribution >= 0.6 is 0 Å². The Morgan fingerprint density at radius 2 is 1.76 bits per heavy atom. The van der Waals surface area contributed by atoms with E-state index in [9.17, 15) is 8.60 Å². The topological polar surface area (TPSA) is 43.1 Å². The summed E-state index contributed by atoms with van der Waals surface area (Å²) in [5.74, 6) is 0.494. The summed E-state index contributed by atoms with van der Waals surface area (Å²) in [6, 6.07) is 12.3. The lowest BCUT2D eigenvalue weighted by molar-refractivity contribution is 0.624. The second-order valence-corrected chi connectivity index (χ2v) is 6.78. The summed E-state index contributed by atoms with van der Waals surface area (Å²) >= 11 is 0. The lowest BCUT2D eigenvalue weighted by atomic mass is 10.0. The molecule has 0 aliphatic carbocycles. The molecule has 0 heterocycles. The molecule has 0 saturated heterocycles. The molecule has 0 spiro atoms. The minimum Gasteiger partial charge on any atom is -0.326 e. The molecule has 0 aliphatic heterocycles. The van der Waals surface area contributed by atoms with Crippen molar-refractivity contribution in [3.63, 3.8) is 0 Å². The van der Waals surface area contributed by atoms with Crippen molar-refractivity contribution in [3.05, 3.63) is 65.0 Å². The van der Waals surface area contributed by atoms with Gasteiger partial charge >= 0.3 is 0 Å². The molecule has 2 rings (SSSR count). The van der Waals surface area contributed by atoms with E-state index >= 15 is 0 Å². The zero-order valence-corrected chi connectivity index (χ0v) is 13.1. The average Bonchev–Trinajstić information content (AvgIpc) is 2.49. The summed E-state index contributed by atoms with van der Waals surface area (Å²) in [5.41, 5.74) is 8.39. The summed E-state index contributed by atoms with van der Waals surface area (Å²) in [6.45, 7) is 4.49. The first-order chi connectivity index (χ1) is 10.0. The van der Waals surface area contributed by atoms with Crippen LogP contribution in [0.4, 0.5) is 4.39 Å². The summed E-state index contributed by atoms with van der Waals surface area (Å²) in [6.07, 6.45) is 0. The maximum Gasteiger partial charge on any atom is 0.123 e. The molecule has 2 aromatic carbocycles. The van der Waals surface area contributed by atoms with E-state index in [1.165, 1.54) is 17.7 Å². The molecular formula is C17H20FNOS. The van der Waals surface area contributed by atoms with E-state index in [1.54, 1.807) is 6.07 Å². The van der Waals surface area contributed by atoms with Gasteiger partial charge < -0.3 is 5.73 Å². The van der Waals surface area contributed by atoms with Crippen molar-refractivity contribution in [1.82, 2.24) is 0 Å². The minimum atomic E-state index is -1.15. The molecule has 4 heteroatoms. The smallest absolute Gasteiger partial charge is 0.123 e. The van der Waals surface area contributed by atoms with Crippen molar-refractivity contribution in [2.75, 3.05) is 0 Å². The van der Waals surface area contributed by atoms with Crippen LogP contribution in [0, 0.1) is 5.82 Å². The normalized spacial score (nSPS) is 12.6. The van der Waals surface area contributed by atoms with Crippen LogP contribution in [0.2, 0.25) is 0 Å². The monoisotopic (exact) mass is 305 g/mol. The molecule has 0 amide bonds. The van der Waals surface area contributed by atoms with Crippen LogP contribution in [0.1, 0.15) is 36.5 Å². The van der Waals surface area contributed by atoms with Crippen molar-refractivity contribution < 1.29 is 8.60 Å². The molecule has 0 radical (unpaired) electrons. The molecule has 0 aromatic heterocycles. The van der Waals surface area contributed by atoms with E-state index < -0.39 is 10.8 Å². The van der Waals surface area contributed by atoms with Gasteiger partial charge in [-0.15, -0.1) is 0 Å². The molecule has 1 atom stereocenters. The first-order valence-corrected chi connectivity index (χ1v) is 8.29. The second-order valence-electron chi connectivity index (χ2n) is 5.33. The van der Waals surface area contributed by atoms with Gasteiger partial charge in [-0.05, 0) is 46.9 Å². The fourth-order valence-electron chi connectivity index (χ4n) is 2.15. The number of benzene rings is 2. The predicted octanol–water partition coefficient (Wildman–Crippen LogP) is 3.72. The van der Waals surface area contributed by atoms with Crippen molar-refractivity contribution in [1.29, 1.82) is 0 Å². The van der Waals surface area contributed by atoms with E-state index in [-0.39, 0.29) is 12.4 Å². The third kappa shape index (κ3) is 3.99. The molecular weight excluding hydrogens is 285 g/mol. The Labute approximate surface area is 127 Å². The predicted molar refractivity (Wildman–Crippen MR) is 84.9 cm³/mol. The molecule has 0 saturated carbocycles. The lowest BCUT2D eigenvalue weighted by Crippen LogP contribution is -2.05. The Hall–Kier alpha value is -1.52. The summed E-state index contributed by atoms with van der Waals surface area (Å²) < 4.78 is 25.6. The molecule has 0 bridgehead atoms. The SMILES string of the molecule is CC(C)c1ccc(S(=O)Cc2ccc(F)cc2CN)cc1. The van der Waals surface area contributed by atoms with E-state index in [0.717, 1.165) is 10.5 Å². The zero-order chi connectivity index (χ0) is 15.4. The minimum absolute atomic E-state index is 0.247. The summed E-state index contributed by atoms with van der Waals surface area (Å²) in [5, 5.41) is 0. The first-order valence-electron chi connectivity index (χ1n) is 6.97. The Bertz CT molecular complexity index is 638. The maximum atomic E-state index is 13.2. The van der Waals surface area contributed by atoms with Crippen LogP contribution in [0.5, 0.6) is 0 Å². The van der Waals surface area contributed by atoms with Gasteiger partial charge in [-0.3, -0.25) is 4.21 Å². The fraction of sp³-hybridized carbons (Fsp3) is 0.294. The van der Waals surface area contributed by atoms with E-state index in [4.69, 9.17) is 5.73 Å². The van der Waals surface area contributed by atoms with Gasteiger partial charge in [0.2, 0.25) is 0 Å². The number of rotatable bonds is 5. The first kappa shape index (κ1) is 15.9. The number of hydrogen-bond acceptors (Lipinski definition) is 2. The van der Waals surface area contributed by atoms with Gasteiger partial charge in [0.05, 0.1) is 16.6 Å². The van der Waals surface area contributed by atoms with Gasteiger partial charge in [-0.2, -0.15) is 0 Å². The fourth-order valence-corrected chi connectivity index (χ4v) is 3.32. The van der Waals surface area contributed by atoms with Crippen LogP contribution in [-0.2, 0) is 23.1 Å². The van der Waals surface area contributed by atoms with Crippen molar-refractivity contribution in [3.8, 4) is 0 Å². The van der Waals surface area contributed by atoms with Crippen LogP contribution in [0.15, 0.2) is 47.4 Å². The number of nitrogens with two attached hydrogens (primary N) is 1. The Morgan fingerprint density at radius 1 is 1.10 bits per heavy atom. The van der Waals surface area contributed by atoms with Crippen LogP contribution in [-0.4, -0.2) is 4.21 Å². The zero-order valence-electron chi connectivity index (χ0n) is 12.3. The highest BCUT2D eigenvalue weighted by atomic mass is 32.2. The Balaban J connectivity index is 2.18. The molecule has 2 aromatic rings. The average molecular weight is 305 g/mol. The van der Waals surface area contributed by atoms with Gasteiger partial charge in [-0.1, -0.05) is 32.0 Å². The maximum absolute atomic E-state index is 13.2. The van der Waals surface area contributed by atoms with Crippen LogP contribution in [0.25, 0.3) is 0 Å². The lowest BCUT2D eigenvalue weighted by Gasteiger charge is -2.09. The molecule has 0 fully saturated rings. The third-order valence-electron chi connectivity index (χ3n) is 3.48. The highest BCUT2D eigenvalue weighted by Gasteiger charge is 2.10. The van der Waals surface area contributed by atoms with Crippen LogP contribution in [0.3, 0.4) is 0 Å².